The van der Waals surface area contributed by atoms with Crippen LogP contribution in [0.3, 0.4) is 0 Å². The fourth-order valence-electron chi connectivity index (χ4n) is 1.74. The van der Waals surface area contributed by atoms with Crippen LogP contribution in [0.2, 0.25) is 0 Å². The molecule has 6 heteroatoms. The first kappa shape index (κ1) is 14.6. The van der Waals surface area contributed by atoms with E-state index in [9.17, 15) is 4.79 Å². The van der Waals surface area contributed by atoms with E-state index >= 15 is 0 Å². The van der Waals surface area contributed by atoms with Crippen molar-refractivity contribution in [3.05, 3.63) is 47.5 Å². The minimum absolute atomic E-state index is 0.235. The van der Waals surface area contributed by atoms with Crippen LogP contribution >= 0.6 is 0 Å². The van der Waals surface area contributed by atoms with Gasteiger partial charge in [0.2, 0.25) is 0 Å². The molecule has 108 valence electrons. The van der Waals surface area contributed by atoms with Gasteiger partial charge in [-0.2, -0.15) is 0 Å². The normalized spacial score (nSPS) is 9.62. The number of aliphatic hydroxyl groups excluding tert-OH is 1. The Balaban J connectivity index is 2.13. The average Bonchev–Trinajstić information content (AvgIpc) is 3.03. The van der Waals surface area contributed by atoms with Crippen molar-refractivity contribution in [1.29, 1.82) is 0 Å². The van der Waals surface area contributed by atoms with Gasteiger partial charge in [-0.15, -0.1) is 0 Å². The van der Waals surface area contributed by atoms with Crippen molar-refractivity contribution in [3.8, 4) is 17.6 Å². The largest absolute Gasteiger partial charge is 0.495 e. The molecule has 0 bridgehead atoms. The molecule has 0 aliphatic carbocycles. The molecular formula is C15H15N3O3. The number of aliphatic hydroxyl groups is 1. The maximum absolute atomic E-state index is 12.1. The third-order valence-electron chi connectivity index (χ3n) is 2.74. The third kappa shape index (κ3) is 3.84. The maximum atomic E-state index is 12.1. The zero-order valence-corrected chi connectivity index (χ0v) is 11.5. The summed E-state index contributed by atoms with van der Waals surface area (Å²) in [7, 11) is 1.52. The van der Waals surface area contributed by atoms with Gasteiger partial charge in [0.15, 0.2) is 0 Å². The first-order valence-electron chi connectivity index (χ1n) is 6.29. The highest BCUT2D eigenvalue weighted by Crippen LogP contribution is 2.18. The Morgan fingerprint density at radius 2 is 2.38 bits per heavy atom. The van der Waals surface area contributed by atoms with Crippen LogP contribution < -0.4 is 10.1 Å². The molecule has 0 aliphatic rings. The Kier molecular flexibility index (Phi) is 4.96. The van der Waals surface area contributed by atoms with Crippen molar-refractivity contribution in [2.45, 2.75) is 6.54 Å². The number of amides is 1. The number of H-pyrrole nitrogens is 1. The summed E-state index contributed by atoms with van der Waals surface area (Å²) in [4.78, 5) is 19.0. The first-order chi connectivity index (χ1) is 10.2. The lowest BCUT2D eigenvalue weighted by Crippen LogP contribution is -2.23. The number of aromatic nitrogens is 2. The first-order valence-corrected chi connectivity index (χ1v) is 6.29. The summed E-state index contributed by atoms with van der Waals surface area (Å²) in [6.07, 6.45) is 3.31. The third-order valence-corrected chi connectivity index (χ3v) is 2.74. The topological polar surface area (TPSA) is 87.2 Å². The van der Waals surface area contributed by atoms with Gasteiger partial charge in [-0.1, -0.05) is 11.8 Å². The number of ether oxygens (including phenoxy) is 1. The van der Waals surface area contributed by atoms with E-state index in [1.807, 2.05) is 0 Å². The number of aromatic amines is 1. The van der Waals surface area contributed by atoms with Crippen LogP contribution in [0.15, 0.2) is 30.6 Å². The Bertz CT molecular complexity index is 669. The van der Waals surface area contributed by atoms with Crippen LogP contribution in [0.1, 0.15) is 21.7 Å². The number of nitrogens with zero attached hydrogens (tertiary/aromatic N) is 1. The fourth-order valence-corrected chi connectivity index (χ4v) is 1.74. The van der Waals surface area contributed by atoms with E-state index in [2.05, 4.69) is 27.1 Å². The molecule has 0 spiro atoms. The SMILES string of the molecule is COc1ccc(C(=O)NCc2ncc[nH]2)cc1C#CCO. The predicted octanol–water partition coefficient (Wildman–Crippen LogP) is 0.692. The van der Waals surface area contributed by atoms with E-state index in [1.165, 1.54) is 7.11 Å². The molecule has 1 aromatic carbocycles. The molecule has 0 atom stereocenters. The van der Waals surface area contributed by atoms with E-state index in [0.29, 0.717) is 29.2 Å². The van der Waals surface area contributed by atoms with Gasteiger partial charge in [0.1, 0.15) is 18.2 Å². The maximum Gasteiger partial charge on any atom is 0.251 e. The molecule has 2 aromatic rings. The molecule has 6 nitrogen and oxygen atoms in total. The summed E-state index contributed by atoms with van der Waals surface area (Å²) in [5.74, 6) is 6.29. The standard InChI is InChI=1S/C15H15N3O3/c1-21-13-5-4-12(9-11(13)3-2-8-19)15(20)18-10-14-16-6-7-17-14/h4-7,9,19H,8,10H2,1H3,(H,16,17)(H,18,20). The molecule has 0 saturated heterocycles. The lowest BCUT2D eigenvalue weighted by Gasteiger charge is -2.07. The Hall–Kier alpha value is -2.78. The zero-order chi connectivity index (χ0) is 15.1. The van der Waals surface area contributed by atoms with Crippen molar-refractivity contribution >= 4 is 5.91 Å². The second-order valence-corrected chi connectivity index (χ2v) is 4.09. The lowest BCUT2D eigenvalue weighted by molar-refractivity contribution is 0.0950. The van der Waals surface area contributed by atoms with Crippen LogP contribution in [-0.4, -0.2) is 34.7 Å². The van der Waals surface area contributed by atoms with E-state index in [4.69, 9.17) is 9.84 Å². The van der Waals surface area contributed by atoms with Crippen LogP contribution in [0.25, 0.3) is 0 Å². The summed E-state index contributed by atoms with van der Waals surface area (Å²) >= 11 is 0. The van der Waals surface area contributed by atoms with Crippen molar-refractivity contribution in [2.75, 3.05) is 13.7 Å². The predicted molar refractivity (Wildman–Crippen MR) is 76.7 cm³/mol. The van der Waals surface area contributed by atoms with Crippen molar-refractivity contribution in [2.24, 2.45) is 0 Å². The minimum Gasteiger partial charge on any atom is -0.495 e. The molecule has 0 saturated carbocycles. The van der Waals surface area contributed by atoms with Crippen LogP contribution in [0.4, 0.5) is 0 Å². The smallest absolute Gasteiger partial charge is 0.251 e. The van der Waals surface area contributed by atoms with Crippen LogP contribution in [-0.2, 0) is 6.54 Å². The highest BCUT2D eigenvalue weighted by molar-refractivity contribution is 5.94. The van der Waals surface area contributed by atoms with Crippen molar-refractivity contribution in [1.82, 2.24) is 15.3 Å². The fraction of sp³-hybridized carbons (Fsp3) is 0.200. The number of carbonyl (C=O) groups excluding carboxylic acids is 1. The summed E-state index contributed by atoms with van der Waals surface area (Å²) in [5, 5.41) is 11.5. The lowest BCUT2D eigenvalue weighted by atomic mass is 10.1. The monoisotopic (exact) mass is 285 g/mol. The summed E-state index contributed by atoms with van der Waals surface area (Å²) in [6.45, 7) is 0.0631. The molecule has 0 radical (unpaired) electrons. The molecule has 1 heterocycles. The highest BCUT2D eigenvalue weighted by atomic mass is 16.5. The van der Waals surface area contributed by atoms with E-state index < -0.39 is 0 Å². The molecule has 1 aromatic heterocycles. The van der Waals surface area contributed by atoms with E-state index in [0.717, 1.165) is 0 Å². The van der Waals surface area contributed by atoms with E-state index in [1.54, 1.807) is 30.6 Å². The zero-order valence-electron chi connectivity index (χ0n) is 11.5. The number of hydrogen-bond acceptors (Lipinski definition) is 4. The quantitative estimate of drug-likeness (QED) is 0.721. The van der Waals surface area contributed by atoms with Gasteiger partial charge in [-0.05, 0) is 18.2 Å². The summed E-state index contributed by atoms with van der Waals surface area (Å²) in [6, 6.07) is 4.95. The number of nitrogens with one attached hydrogen (secondary N) is 2. The van der Waals surface area contributed by atoms with Crippen LogP contribution in [0, 0.1) is 11.8 Å². The van der Waals surface area contributed by atoms with Gasteiger partial charge in [-0.25, -0.2) is 4.98 Å². The van der Waals surface area contributed by atoms with Crippen molar-refractivity contribution < 1.29 is 14.6 Å². The Labute approximate surface area is 122 Å². The number of imidazole rings is 1. The average molecular weight is 285 g/mol. The molecule has 21 heavy (non-hydrogen) atoms. The van der Waals surface area contributed by atoms with Gasteiger partial charge >= 0.3 is 0 Å². The molecule has 0 fully saturated rings. The summed E-state index contributed by atoms with van der Waals surface area (Å²) < 4.78 is 5.17. The number of hydrogen-bond donors (Lipinski definition) is 3. The summed E-state index contributed by atoms with van der Waals surface area (Å²) in [5.41, 5.74) is 1.02. The van der Waals surface area contributed by atoms with Gasteiger partial charge in [0.25, 0.3) is 5.91 Å². The van der Waals surface area contributed by atoms with Gasteiger partial charge in [-0.3, -0.25) is 4.79 Å². The Morgan fingerprint density at radius 3 is 3.05 bits per heavy atom. The van der Waals surface area contributed by atoms with Crippen LogP contribution in [0.5, 0.6) is 5.75 Å². The second kappa shape index (κ2) is 7.12. The van der Waals surface area contributed by atoms with Crippen molar-refractivity contribution in [3.63, 3.8) is 0 Å². The Morgan fingerprint density at radius 1 is 1.52 bits per heavy atom. The van der Waals surface area contributed by atoms with Gasteiger partial charge in [0.05, 0.1) is 19.2 Å². The molecule has 1 amide bonds. The molecule has 0 unspecified atom stereocenters. The number of rotatable bonds is 4. The highest BCUT2D eigenvalue weighted by Gasteiger charge is 2.09. The number of methoxy groups -OCH3 is 1. The molecular weight excluding hydrogens is 270 g/mol. The molecule has 0 aliphatic heterocycles. The van der Waals surface area contributed by atoms with Gasteiger partial charge < -0.3 is 20.1 Å². The molecule has 2 rings (SSSR count). The number of benzene rings is 1. The minimum atomic E-state index is -0.252. The van der Waals surface area contributed by atoms with Gasteiger partial charge in [0, 0.05) is 18.0 Å². The number of carbonyl (C=O) groups is 1. The van der Waals surface area contributed by atoms with E-state index in [-0.39, 0.29) is 12.5 Å². The second-order valence-electron chi connectivity index (χ2n) is 4.09. The molecule has 3 N–H and O–H groups in total.